The lowest BCUT2D eigenvalue weighted by atomic mass is 9.91. The average molecular weight is 296 g/mol. The van der Waals surface area contributed by atoms with Gasteiger partial charge in [0, 0.05) is 24.2 Å². The molecule has 22 heavy (non-hydrogen) atoms. The fourth-order valence-corrected chi connectivity index (χ4v) is 3.00. The number of nitrogens with one attached hydrogen (secondary N) is 1. The first-order valence-corrected chi connectivity index (χ1v) is 7.61. The molecule has 0 amide bonds. The Morgan fingerprint density at radius 1 is 1.41 bits per heavy atom. The van der Waals surface area contributed by atoms with Gasteiger partial charge in [0.15, 0.2) is 0 Å². The molecule has 2 aromatic rings. The van der Waals surface area contributed by atoms with Gasteiger partial charge in [0.05, 0.1) is 11.4 Å². The smallest absolute Gasteiger partial charge is 0.306 e. The van der Waals surface area contributed by atoms with E-state index in [-0.39, 0.29) is 12.0 Å². The average Bonchev–Trinajstić information content (AvgIpc) is 2.54. The summed E-state index contributed by atoms with van der Waals surface area (Å²) in [5.41, 5.74) is 3.40. The van der Waals surface area contributed by atoms with Crippen molar-refractivity contribution in [3.05, 3.63) is 53.7 Å². The number of allylic oxidation sites excluding steroid dienone is 1. The van der Waals surface area contributed by atoms with Crippen molar-refractivity contribution in [2.24, 2.45) is 5.92 Å². The van der Waals surface area contributed by atoms with Crippen molar-refractivity contribution in [1.29, 1.82) is 0 Å². The van der Waals surface area contributed by atoms with Crippen LogP contribution in [0.2, 0.25) is 0 Å². The predicted octanol–water partition coefficient (Wildman–Crippen LogP) is 3.05. The zero-order valence-corrected chi connectivity index (χ0v) is 12.6. The second-order valence-electron chi connectivity index (χ2n) is 5.86. The number of aryl methyl sites for hydroxylation is 1. The summed E-state index contributed by atoms with van der Waals surface area (Å²) in [6.07, 6.45) is 7.12. The highest BCUT2D eigenvalue weighted by Gasteiger charge is 2.23. The SMILES string of the molecule is Cc1ccc2cccnc2c1CN[C@H]1C=CC[C@H](C(=O)O)C1. The molecule has 0 fully saturated rings. The molecular weight excluding hydrogens is 276 g/mol. The van der Waals surface area contributed by atoms with Gasteiger partial charge in [0.25, 0.3) is 0 Å². The standard InChI is InChI=1S/C18H20N2O2/c1-12-7-8-13-5-3-9-19-17(13)16(12)11-20-15-6-2-4-14(10-15)18(21)22/h2-3,5-9,14-15,20H,4,10-11H2,1H3,(H,21,22)/t14-,15-/m0/s1. The second-order valence-corrected chi connectivity index (χ2v) is 5.86. The Kier molecular flexibility index (Phi) is 4.20. The summed E-state index contributed by atoms with van der Waals surface area (Å²) in [5, 5.41) is 13.8. The van der Waals surface area contributed by atoms with Crippen LogP contribution in [-0.4, -0.2) is 22.1 Å². The lowest BCUT2D eigenvalue weighted by Crippen LogP contribution is -2.33. The zero-order valence-electron chi connectivity index (χ0n) is 12.6. The van der Waals surface area contributed by atoms with Gasteiger partial charge >= 0.3 is 5.97 Å². The molecule has 0 unspecified atom stereocenters. The van der Waals surface area contributed by atoms with Crippen molar-refractivity contribution >= 4 is 16.9 Å². The largest absolute Gasteiger partial charge is 0.481 e. The van der Waals surface area contributed by atoms with Gasteiger partial charge in [-0.25, -0.2) is 0 Å². The number of hydrogen-bond donors (Lipinski definition) is 2. The third kappa shape index (κ3) is 3.02. The minimum atomic E-state index is -0.709. The van der Waals surface area contributed by atoms with Crippen LogP contribution in [0.4, 0.5) is 0 Å². The topological polar surface area (TPSA) is 62.2 Å². The first-order valence-electron chi connectivity index (χ1n) is 7.61. The maximum atomic E-state index is 11.1. The van der Waals surface area contributed by atoms with Crippen molar-refractivity contribution in [2.75, 3.05) is 0 Å². The van der Waals surface area contributed by atoms with Crippen LogP contribution < -0.4 is 5.32 Å². The predicted molar refractivity (Wildman–Crippen MR) is 86.6 cm³/mol. The summed E-state index contributed by atoms with van der Waals surface area (Å²) in [6, 6.07) is 8.30. The summed E-state index contributed by atoms with van der Waals surface area (Å²) >= 11 is 0. The van der Waals surface area contributed by atoms with E-state index >= 15 is 0 Å². The highest BCUT2D eigenvalue weighted by Crippen LogP contribution is 2.22. The molecule has 1 aliphatic rings. The molecule has 3 rings (SSSR count). The number of fused-ring (bicyclic) bond motifs is 1. The molecule has 1 heterocycles. The number of carboxylic acid groups (broad SMARTS) is 1. The molecule has 4 heteroatoms. The van der Waals surface area contributed by atoms with Gasteiger partial charge < -0.3 is 10.4 Å². The normalized spacial score (nSPS) is 21.1. The van der Waals surface area contributed by atoms with Crippen LogP contribution in [-0.2, 0) is 11.3 Å². The van der Waals surface area contributed by atoms with E-state index in [4.69, 9.17) is 5.11 Å². The van der Waals surface area contributed by atoms with Crippen molar-refractivity contribution in [3.8, 4) is 0 Å². The van der Waals surface area contributed by atoms with E-state index in [1.54, 1.807) is 0 Å². The number of hydrogen-bond acceptors (Lipinski definition) is 3. The van der Waals surface area contributed by atoms with Crippen LogP contribution in [0.15, 0.2) is 42.6 Å². The molecule has 2 N–H and O–H groups in total. The van der Waals surface area contributed by atoms with Crippen LogP contribution in [0.3, 0.4) is 0 Å². The Morgan fingerprint density at radius 3 is 3.09 bits per heavy atom. The number of benzene rings is 1. The molecule has 0 bridgehead atoms. The number of pyridine rings is 1. The van der Waals surface area contributed by atoms with Crippen LogP contribution in [0.1, 0.15) is 24.0 Å². The Bertz CT molecular complexity index is 724. The Labute approximate surface area is 129 Å². The molecule has 2 atom stereocenters. The lowest BCUT2D eigenvalue weighted by molar-refractivity contribution is -0.142. The van der Waals surface area contributed by atoms with Gasteiger partial charge in [-0.3, -0.25) is 9.78 Å². The number of carbonyl (C=O) groups is 1. The molecule has 4 nitrogen and oxygen atoms in total. The molecule has 0 aliphatic heterocycles. The van der Waals surface area contributed by atoms with Gasteiger partial charge in [0.2, 0.25) is 0 Å². The fourth-order valence-electron chi connectivity index (χ4n) is 3.00. The number of carboxylic acids is 1. The number of nitrogens with zero attached hydrogens (tertiary/aromatic N) is 1. The highest BCUT2D eigenvalue weighted by atomic mass is 16.4. The van der Waals surface area contributed by atoms with E-state index < -0.39 is 5.97 Å². The fraction of sp³-hybridized carbons (Fsp3) is 0.333. The van der Waals surface area contributed by atoms with Crippen molar-refractivity contribution in [3.63, 3.8) is 0 Å². The zero-order chi connectivity index (χ0) is 15.5. The van der Waals surface area contributed by atoms with E-state index in [1.165, 1.54) is 11.1 Å². The third-order valence-corrected chi connectivity index (χ3v) is 4.33. The summed E-state index contributed by atoms with van der Waals surface area (Å²) in [6.45, 7) is 2.78. The maximum Gasteiger partial charge on any atom is 0.306 e. The highest BCUT2D eigenvalue weighted by molar-refractivity contribution is 5.82. The molecular formula is C18H20N2O2. The molecule has 1 aliphatic carbocycles. The van der Waals surface area contributed by atoms with Crippen LogP contribution in [0.25, 0.3) is 10.9 Å². The number of aromatic nitrogens is 1. The minimum absolute atomic E-state index is 0.105. The second kappa shape index (κ2) is 6.28. The van der Waals surface area contributed by atoms with E-state index in [9.17, 15) is 4.79 Å². The van der Waals surface area contributed by atoms with Crippen molar-refractivity contribution < 1.29 is 9.90 Å². The van der Waals surface area contributed by atoms with Crippen LogP contribution in [0, 0.1) is 12.8 Å². The Morgan fingerprint density at radius 2 is 2.27 bits per heavy atom. The number of rotatable bonds is 4. The molecule has 114 valence electrons. The summed E-state index contributed by atoms with van der Waals surface area (Å²) < 4.78 is 0. The molecule has 0 spiro atoms. The van der Waals surface area contributed by atoms with E-state index in [0.29, 0.717) is 19.4 Å². The van der Waals surface area contributed by atoms with Crippen molar-refractivity contribution in [2.45, 2.75) is 32.4 Å². The van der Waals surface area contributed by atoms with Gasteiger partial charge in [-0.1, -0.05) is 30.4 Å². The van der Waals surface area contributed by atoms with Crippen molar-refractivity contribution in [1.82, 2.24) is 10.3 Å². The monoisotopic (exact) mass is 296 g/mol. The van der Waals surface area contributed by atoms with Gasteiger partial charge in [-0.2, -0.15) is 0 Å². The number of aliphatic carboxylic acids is 1. The molecule has 1 aromatic heterocycles. The van der Waals surface area contributed by atoms with E-state index in [0.717, 1.165) is 10.9 Å². The van der Waals surface area contributed by atoms with Gasteiger partial charge in [-0.15, -0.1) is 0 Å². The first kappa shape index (κ1) is 14.7. The quantitative estimate of drug-likeness (QED) is 0.851. The van der Waals surface area contributed by atoms with Gasteiger partial charge in [0.1, 0.15) is 0 Å². The maximum absolute atomic E-state index is 11.1. The lowest BCUT2D eigenvalue weighted by Gasteiger charge is -2.23. The van der Waals surface area contributed by atoms with E-state index in [2.05, 4.69) is 41.5 Å². The van der Waals surface area contributed by atoms with Crippen LogP contribution >= 0.6 is 0 Å². The van der Waals surface area contributed by atoms with E-state index in [1.807, 2.05) is 18.3 Å². The summed E-state index contributed by atoms with van der Waals surface area (Å²) in [4.78, 5) is 15.6. The Balaban J connectivity index is 1.77. The van der Waals surface area contributed by atoms with Gasteiger partial charge in [-0.05, 0) is 37.0 Å². The summed E-state index contributed by atoms with van der Waals surface area (Å²) in [5.74, 6) is -0.992. The molecule has 1 aromatic carbocycles. The summed E-state index contributed by atoms with van der Waals surface area (Å²) in [7, 11) is 0. The molecule has 0 radical (unpaired) electrons. The molecule has 0 saturated heterocycles. The first-order chi connectivity index (χ1) is 10.6. The molecule has 0 saturated carbocycles. The van der Waals surface area contributed by atoms with Crippen LogP contribution in [0.5, 0.6) is 0 Å². The minimum Gasteiger partial charge on any atom is -0.481 e. The Hall–Kier alpha value is -2.20. The third-order valence-electron chi connectivity index (χ3n) is 4.33.